The fourth-order valence-electron chi connectivity index (χ4n) is 1.72. The number of aromatic nitrogens is 1. The third kappa shape index (κ3) is 6.16. The van der Waals surface area contributed by atoms with Crippen molar-refractivity contribution in [3.05, 3.63) is 48.0 Å². The number of imide groups is 1. The van der Waals surface area contributed by atoms with Gasteiger partial charge in [0.25, 0.3) is 11.7 Å². The van der Waals surface area contributed by atoms with Gasteiger partial charge in [-0.25, -0.2) is 14.6 Å². The zero-order valence-corrected chi connectivity index (χ0v) is 13.9. The molecule has 26 heavy (non-hydrogen) atoms. The van der Waals surface area contributed by atoms with Gasteiger partial charge in [-0.15, -0.1) is 0 Å². The van der Waals surface area contributed by atoms with Gasteiger partial charge in [-0.1, -0.05) is 0 Å². The number of ether oxygens (including phenoxy) is 1. The van der Waals surface area contributed by atoms with Crippen LogP contribution in [-0.4, -0.2) is 35.3 Å². The summed E-state index contributed by atoms with van der Waals surface area (Å²) in [5, 5.41) is 4.09. The Labute approximate surface area is 150 Å². The standard InChI is InChI=1S/C15H13F2N3O5S/c16-14(17)26-12-10(4-1-5-18-12)13(22)25-8-11(21)20-15(23)19-7-9-3-2-6-24-9/h1-6,14H,7-8H2,(H2,19,20,21,23). The molecule has 8 nitrogen and oxygen atoms in total. The molecule has 11 heteroatoms. The van der Waals surface area contributed by atoms with Gasteiger partial charge >= 0.3 is 12.0 Å². The number of carbonyl (C=O) groups excluding carboxylic acids is 3. The van der Waals surface area contributed by atoms with E-state index in [0.717, 1.165) is 0 Å². The summed E-state index contributed by atoms with van der Waals surface area (Å²) < 4.78 is 34.6. The maximum atomic E-state index is 12.5. The van der Waals surface area contributed by atoms with Gasteiger partial charge in [0, 0.05) is 6.20 Å². The minimum Gasteiger partial charge on any atom is -0.467 e. The molecule has 2 rings (SSSR count). The number of hydrogen-bond acceptors (Lipinski definition) is 7. The van der Waals surface area contributed by atoms with Crippen molar-refractivity contribution in [2.45, 2.75) is 17.3 Å². The molecule has 0 spiro atoms. The molecule has 3 amide bonds. The Morgan fingerprint density at radius 2 is 2.08 bits per heavy atom. The first-order valence-electron chi connectivity index (χ1n) is 7.12. The lowest BCUT2D eigenvalue weighted by atomic mass is 10.3. The van der Waals surface area contributed by atoms with Crippen molar-refractivity contribution in [2.75, 3.05) is 6.61 Å². The number of carbonyl (C=O) groups is 3. The molecule has 0 bridgehead atoms. The SMILES string of the molecule is O=C(COC(=O)c1cccnc1SC(F)F)NC(=O)NCc1ccco1. The summed E-state index contributed by atoms with van der Waals surface area (Å²) in [5.41, 5.74) is -0.201. The second-order valence-corrected chi connectivity index (χ2v) is 5.60. The number of pyridine rings is 1. The van der Waals surface area contributed by atoms with Crippen molar-refractivity contribution >= 4 is 29.7 Å². The van der Waals surface area contributed by atoms with Crippen LogP contribution in [0, 0.1) is 0 Å². The van der Waals surface area contributed by atoms with E-state index in [9.17, 15) is 23.2 Å². The first kappa shape index (κ1) is 19.4. The second kappa shape index (κ2) is 9.51. The third-order valence-electron chi connectivity index (χ3n) is 2.78. The number of thioether (sulfide) groups is 1. The minimum atomic E-state index is -2.77. The van der Waals surface area contributed by atoms with Gasteiger partial charge in [0.05, 0.1) is 18.4 Å². The molecule has 0 aromatic carbocycles. The summed E-state index contributed by atoms with van der Waals surface area (Å²) in [6, 6.07) is 5.07. The third-order valence-corrected chi connectivity index (χ3v) is 3.51. The highest BCUT2D eigenvalue weighted by molar-refractivity contribution is 7.99. The van der Waals surface area contributed by atoms with Crippen LogP contribution in [0.2, 0.25) is 0 Å². The van der Waals surface area contributed by atoms with Crippen molar-refractivity contribution in [1.82, 2.24) is 15.6 Å². The van der Waals surface area contributed by atoms with E-state index in [-0.39, 0.29) is 28.9 Å². The molecule has 0 aliphatic carbocycles. The largest absolute Gasteiger partial charge is 0.467 e. The smallest absolute Gasteiger partial charge is 0.341 e. The van der Waals surface area contributed by atoms with E-state index < -0.39 is 30.3 Å². The molecule has 0 fully saturated rings. The lowest BCUT2D eigenvalue weighted by Gasteiger charge is -2.08. The molecule has 2 aromatic rings. The van der Waals surface area contributed by atoms with Crippen LogP contribution in [0.3, 0.4) is 0 Å². The van der Waals surface area contributed by atoms with E-state index >= 15 is 0 Å². The quantitative estimate of drug-likeness (QED) is 0.555. The van der Waals surface area contributed by atoms with Gasteiger partial charge in [0.15, 0.2) is 6.61 Å². The topological polar surface area (TPSA) is 111 Å². The maximum Gasteiger partial charge on any atom is 0.341 e. The molecule has 2 N–H and O–H groups in total. The van der Waals surface area contributed by atoms with Crippen molar-refractivity contribution in [3.8, 4) is 0 Å². The fourth-order valence-corrected chi connectivity index (χ4v) is 2.29. The van der Waals surface area contributed by atoms with Gasteiger partial charge in [0.2, 0.25) is 0 Å². The van der Waals surface area contributed by atoms with Crippen LogP contribution in [0.25, 0.3) is 0 Å². The summed E-state index contributed by atoms with van der Waals surface area (Å²) in [5.74, 6) is -4.17. The Morgan fingerprint density at radius 1 is 1.27 bits per heavy atom. The van der Waals surface area contributed by atoms with E-state index in [0.29, 0.717) is 5.76 Å². The number of hydrogen-bond donors (Lipinski definition) is 2. The predicted molar refractivity (Wildman–Crippen MR) is 85.5 cm³/mol. The Bertz CT molecular complexity index is 770. The maximum absolute atomic E-state index is 12.5. The average molecular weight is 385 g/mol. The molecule has 2 heterocycles. The van der Waals surface area contributed by atoms with Crippen molar-refractivity contribution < 1.29 is 32.3 Å². The Kier molecular flexibility index (Phi) is 7.09. The van der Waals surface area contributed by atoms with E-state index in [1.165, 1.54) is 24.6 Å². The highest BCUT2D eigenvalue weighted by atomic mass is 32.2. The van der Waals surface area contributed by atoms with Crippen LogP contribution in [0.1, 0.15) is 16.1 Å². The predicted octanol–water partition coefficient (Wildman–Crippen LogP) is 2.17. The van der Waals surface area contributed by atoms with Crippen LogP contribution in [-0.2, 0) is 16.1 Å². The van der Waals surface area contributed by atoms with Gasteiger partial charge in [-0.2, -0.15) is 8.78 Å². The Balaban J connectivity index is 1.79. The minimum absolute atomic E-state index is 0.0653. The zero-order valence-electron chi connectivity index (χ0n) is 13.1. The normalized spacial score (nSPS) is 10.4. The molecule has 0 aliphatic rings. The number of nitrogens with zero attached hydrogens (tertiary/aromatic N) is 1. The average Bonchev–Trinajstić information content (AvgIpc) is 3.11. The van der Waals surface area contributed by atoms with Crippen LogP contribution < -0.4 is 10.6 Å². The number of amides is 3. The van der Waals surface area contributed by atoms with Gasteiger partial charge in [-0.3, -0.25) is 10.1 Å². The fraction of sp³-hybridized carbons (Fsp3) is 0.200. The van der Waals surface area contributed by atoms with Crippen LogP contribution in [0.4, 0.5) is 13.6 Å². The van der Waals surface area contributed by atoms with E-state index in [1.54, 1.807) is 12.1 Å². The molecular formula is C15H13F2N3O5S. The highest BCUT2D eigenvalue weighted by Crippen LogP contribution is 2.26. The molecule has 0 saturated carbocycles. The monoisotopic (exact) mass is 385 g/mol. The number of furan rings is 1. The molecular weight excluding hydrogens is 372 g/mol. The summed E-state index contributed by atoms with van der Waals surface area (Å²) in [4.78, 5) is 38.7. The Morgan fingerprint density at radius 3 is 2.77 bits per heavy atom. The molecule has 0 aliphatic heterocycles. The lowest BCUT2D eigenvalue weighted by molar-refractivity contribution is -0.123. The summed E-state index contributed by atoms with van der Waals surface area (Å²) in [7, 11) is 0. The molecule has 138 valence electrons. The van der Waals surface area contributed by atoms with Gasteiger partial charge in [-0.05, 0) is 36.0 Å². The van der Waals surface area contributed by atoms with E-state index in [4.69, 9.17) is 9.15 Å². The first-order valence-corrected chi connectivity index (χ1v) is 8.00. The summed E-state index contributed by atoms with van der Waals surface area (Å²) in [6.07, 6.45) is 2.68. The number of nitrogens with one attached hydrogen (secondary N) is 2. The number of alkyl halides is 2. The first-order chi connectivity index (χ1) is 12.5. The number of esters is 1. The molecule has 0 atom stereocenters. The number of halogens is 2. The second-order valence-electron chi connectivity index (χ2n) is 4.62. The van der Waals surface area contributed by atoms with Crippen LogP contribution in [0.5, 0.6) is 0 Å². The van der Waals surface area contributed by atoms with Gasteiger partial charge < -0.3 is 14.5 Å². The molecule has 0 radical (unpaired) electrons. The molecule has 0 unspecified atom stereocenters. The van der Waals surface area contributed by atoms with Crippen LogP contribution in [0.15, 0.2) is 46.2 Å². The molecule has 0 saturated heterocycles. The summed E-state index contributed by atoms with van der Waals surface area (Å²) >= 11 is 0.0847. The Hall–Kier alpha value is -2.95. The number of rotatable bonds is 7. The summed E-state index contributed by atoms with van der Waals surface area (Å²) in [6.45, 7) is -0.698. The van der Waals surface area contributed by atoms with Gasteiger partial charge in [0.1, 0.15) is 10.8 Å². The number of urea groups is 1. The zero-order chi connectivity index (χ0) is 18.9. The van der Waals surface area contributed by atoms with E-state index in [1.807, 2.05) is 5.32 Å². The van der Waals surface area contributed by atoms with Crippen LogP contribution >= 0.6 is 11.8 Å². The lowest BCUT2D eigenvalue weighted by Crippen LogP contribution is -2.41. The van der Waals surface area contributed by atoms with E-state index in [2.05, 4.69) is 10.3 Å². The molecule has 2 aromatic heterocycles. The van der Waals surface area contributed by atoms with Crippen molar-refractivity contribution in [2.24, 2.45) is 0 Å². The van der Waals surface area contributed by atoms with Crippen molar-refractivity contribution in [1.29, 1.82) is 0 Å². The van der Waals surface area contributed by atoms with Crippen molar-refractivity contribution in [3.63, 3.8) is 0 Å². The highest BCUT2D eigenvalue weighted by Gasteiger charge is 2.19.